The standard InChI is InChI=1S/C16H16FN5OS/c1-10-9-14-20-21-16(22(14)11(2)18-10)24-8-7-15(23)19-13-5-3-12(17)4-6-13/h3-6,9H,7-8H2,1-2H3,(H,19,23). The molecule has 1 aromatic carbocycles. The second-order valence-electron chi connectivity index (χ2n) is 5.27. The number of hydrogen-bond acceptors (Lipinski definition) is 5. The molecule has 0 saturated heterocycles. The van der Waals surface area contributed by atoms with E-state index in [0.717, 1.165) is 17.2 Å². The van der Waals surface area contributed by atoms with Crippen LogP contribution in [-0.4, -0.2) is 31.2 Å². The minimum Gasteiger partial charge on any atom is -0.326 e. The fourth-order valence-electron chi connectivity index (χ4n) is 2.29. The molecular formula is C16H16FN5OS. The fourth-order valence-corrected chi connectivity index (χ4v) is 3.21. The van der Waals surface area contributed by atoms with Crippen LogP contribution < -0.4 is 5.32 Å². The van der Waals surface area contributed by atoms with Gasteiger partial charge in [-0.2, -0.15) is 0 Å². The van der Waals surface area contributed by atoms with Gasteiger partial charge in [0.15, 0.2) is 10.8 Å². The second-order valence-corrected chi connectivity index (χ2v) is 6.34. The predicted molar refractivity (Wildman–Crippen MR) is 90.6 cm³/mol. The summed E-state index contributed by atoms with van der Waals surface area (Å²) in [5, 5.41) is 11.7. The molecule has 0 radical (unpaired) electrons. The molecule has 6 nitrogen and oxygen atoms in total. The molecule has 0 spiro atoms. The Morgan fingerprint density at radius 2 is 2.00 bits per heavy atom. The Balaban J connectivity index is 1.58. The molecule has 24 heavy (non-hydrogen) atoms. The number of carbonyl (C=O) groups excluding carboxylic acids is 1. The number of rotatable bonds is 5. The summed E-state index contributed by atoms with van der Waals surface area (Å²) in [4.78, 5) is 16.3. The molecule has 0 unspecified atom stereocenters. The van der Waals surface area contributed by atoms with Crippen LogP contribution in [0, 0.1) is 19.7 Å². The molecule has 0 bridgehead atoms. The van der Waals surface area contributed by atoms with Gasteiger partial charge in [-0.05, 0) is 38.1 Å². The van der Waals surface area contributed by atoms with E-state index in [0.29, 0.717) is 23.0 Å². The number of anilines is 1. The van der Waals surface area contributed by atoms with Gasteiger partial charge in [-0.3, -0.25) is 9.20 Å². The maximum Gasteiger partial charge on any atom is 0.225 e. The molecule has 2 heterocycles. The Bertz CT molecular complexity index is 878. The molecule has 1 N–H and O–H groups in total. The van der Waals surface area contributed by atoms with Crippen molar-refractivity contribution >= 4 is 29.0 Å². The molecule has 2 aromatic heterocycles. The number of halogens is 1. The van der Waals surface area contributed by atoms with E-state index in [2.05, 4.69) is 20.5 Å². The molecule has 124 valence electrons. The minimum absolute atomic E-state index is 0.131. The van der Waals surface area contributed by atoms with E-state index in [-0.39, 0.29) is 11.7 Å². The molecule has 0 atom stereocenters. The summed E-state index contributed by atoms with van der Waals surface area (Å²) in [7, 11) is 0. The smallest absolute Gasteiger partial charge is 0.225 e. The van der Waals surface area contributed by atoms with Crippen LogP contribution >= 0.6 is 11.8 Å². The van der Waals surface area contributed by atoms with Gasteiger partial charge < -0.3 is 5.32 Å². The Morgan fingerprint density at radius 1 is 1.25 bits per heavy atom. The number of thioether (sulfide) groups is 1. The van der Waals surface area contributed by atoms with Crippen molar-refractivity contribution in [1.82, 2.24) is 19.6 Å². The van der Waals surface area contributed by atoms with Crippen molar-refractivity contribution in [2.75, 3.05) is 11.1 Å². The van der Waals surface area contributed by atoms with Crippen molar-refractivity contribution in [2.45, 2.75) is 25.4 Å². The minimum atomic E-state index is -0.332. The summed E-state index contributed by atoms with van der Waals surface area (Å²) in [6.45, 7) is 3.81. The van der Waals surface area contributed by atoms with Gasteiger partial charge in [0.05, 0.1) is 0 Å². The highest BCUT2D eigenvalue weighted by molar-refractivity contribution is 7.99. The van der Waals surface area contributed by atoms with Gasteiger partial charge in [-0.25, -0.2) is 9.37 Å². The summed E-state index contributed by atoms with van der Waals surface area (Å²) < 4.78 is 14.7. The summed E-state index contributed by atoms with van der Waals surface area (Å²) in [6.07, 6.45) is 0.315. The Hall–Kier alpha value is -2.48. The number of carbonyl (C=O) groups is 1. The van der Waals surface area contributed by atoms with Crippen LogP contribution in [0.1, 0.15) is 17.9 Å². The van der Waals surface area contributed by atoms with E-state index in [1.807, 2.05) is 24.3 Å². The molecule has 0 fully saturated rings. The van der Waals surface area contributed by atoms with E-state index in [4.69, 9.17) is 0 Å². The number of benzene rings is 1. The van der Waals surface area contributed by atoms with Gasteiger partial charge in [0.2, 0.25) is 5.91 Å². The topological polar surface area (TPSA) is 72.2 Å². The fraction of sp³-hybridized carbons (Fsp3) is 0.250. The molecule has 0 aliphatic carbocycles. The lowest BCUT2D eigenvalue weighted by Crippen LogP contribution is -2.12. The van der Waals surface area contributed by atoms with Crippen LogP contribution in [0.5, 0.6) is 0 Å². The number of aryl methyl sites for hydroxylation is 2. The SMILES string of the molecule is Cc1cc2nnc(SCCC(=O)Nc3ccc(F)cc3)n2c(C)n1. The molecule has 0 saturated carbocycles. The van der Waals surface area contributed by atoms with Crippen LogP contribution in [0.3, 0.4) is 0 Å². The van der Waals surface area contributed by atoms with E-state index < -0.39 is 0 Å². The van der Waals surface area contributed by atoms with Crippen LogP contribution in [0.4, 0.5) is 10.1 Å². The van der Waals surface area contributed by atoms with Gasteiger partial charge in [0.25, 0.3) is 0 Å². The zero-order valence-corrected chi connectivity index (χ0v) is 14.1. The Labute approximate surface area is 142 Å². The van der Waals surface area contributed by atoms with Crippen LogP contribution in [-0.2, 0) is 4.79 Å². The molecule has 3 rings (SSSR count). The number of amides is 1. The zero-order valence-electron chi connectivity index (χ0n) is 13.3. The summed E-state index contributed by atoms with van der Waals surface area (Å²) in [5.74, 6) is 0.907. The number of nitrogens with one attached hydrogen (secondary N) is 1. The maximum absolute atomic E-state index is 12.8. The van der Waals surface area contributed by atoms with Gasteiger partial charge >= 0.3 is 0 Å². The number of hydrogen-bond donors (Lipinski definition) is 1. The van der Waals surface area contributed by atoms with E-state index in [1.54, 1.807) is 0 Å². The molecule has 1 amide bonds. The number of fused-ring (bicyclic) bond motifs is 1. The predicted octanol–water partition coefficient (Wildman–Crippen LogP) is 3.00. The lowest BCUT2D eigenvalue weighted by molar-refractivity contribution is -0.115. The maximum atomic E-state index is 12.8. The van der Waals surface area contributed by atoms with Gasteiger partial charge in [0, 0.05) is 29.6 Å². The van der Waals surface area contributed by atoms with Crippen molar-refractivity contribution in [3.63, 3.8) is 0 Å². The average molecular weight is 345 g/mol. The normalized spacial score (nSPS) is 11.0. The van der Waals surface area contributed by atoms with Crippen molar-refractivity contribution in [1.29, 1.82) is 0 Å². The highest BCUT2D eigenvalue weighted by Crippen LogP contribution is 2.19. The Morgan fingerprint density at radius 3 is 2.75 bits per heavy atom. The number of aromatic nitrogens is 4. The van der Waals surface area contributed by atoms with Crippen LogP contribution in [0.2, 0.25) is 0 Å². The van der Waals surface area contributed by atoms with Gasteiger partial charge in [0.1, 0.15) is 11.6 Å². The summed E-state index contributed by atoms with van der Waals surface area (Å²) in [6, 6.07) is 7.55. The summed E-state index contributed by atoms with van der Waals surface area (Å²) >= 11 is 1.45. The quantitative estimate of drug-likeness (QED) is 0.720. The summed E-state index contributed by atoms with van der Waals surface area (Å²) in [5.41, 5.74) is 2.22. The van der Waals surface area contributed by atoms with Crippen molar-refractivity contribution in [3.05, 3.63) is 47.7 Å². The molecule has 0 aliphatic rings. The van der Waals surface area contributed by atoms with Gasteiger partial charge in [-0.1, -0.05) is 11.8 Å². The van der Waals surface area contributed by atoms with E-state index in [9.17, 15) is 9.18 Å². The van der Waals surface area contributed by atoms with E-state index in [1.165, 1.54) is 36.0 Å². The van der Waals surface area contributed by atoms with Crippen molar-refractivity contribution in [3.8, 4) is 0 Å². The second kappa shape index (κ2) is 6.96. The van der Waals surface area contributed by atoms with Gasteiger partial charge in [-0.15, -0.1) is 10.2 Å². The molecule has 8 heteroatoms. The van der Waals surface area contributed by atoms with Crippen molar-refractivity contribution in [2.24, 2.45) is 0 Å². The monoisotopic (exact) mass is 345 g/mol. The van der Waals surface area contributed by atoms with Crippen LogP contribution in [0.25, 0.3) is 5.65 Å². The molecule has 0 aliphatic heterocycles. The third-order valence-electron chi connectivity index (χ3n) is 3.35. The molecular weight excluding hydrogens is 329 g/mol. The first kappa shape index (κ1) is 16.4. The van der Waals surface area contributed by atoms with E-state index >= 15 is 0 Å². The highest BCUT2D eigenvalue weighted by Gasteiger charge is 2.11. The molecule has 3 aromatic rings. The Kier molecular flexibility index (Phi) is 4.75. The average Bonchev–Trinajstić information content (AvgIpc) is 2.93. The zero-order chi connectivity index (χ0) is 17.1. The lowest BCUT2D eigenvalue weighted by atomic mass is 10.3. The third kappa shape index (κ3) is 3.70. The lowest BCUT2D eigenvalue weighted by Gasteiger charge is -2.05. The first-order chi connectivity index (χ1) is 11.5. The van der Waals surface area contributed by atoms with Crippen molar-refractivity contribution < 1.29 is 9.18 Å². The third-order valence-corrected chi connectivity index (χ3v) is 4.28. The number of nitrogens with zero attached hydrogens (tertiary/aromatic N) is 4. The van der Waals surface area contributed by atoms with Crippen LogP contribution in [0.15, 0.2) is 35.5 Å². The highest BCUT2D eigenvalue weighted by atomic mass is 32.2. The first-order valence-corrected chi connectivity index (χ1v) is 8.39. The largest absolute Gasteiger partial charge is 0.326 e. The first-order valence-electron chi connectivity index (χ1n) is 7.40.